The second-order valence-electron chi connectivity index (χ2n) is 5.87. The molecule has 1 aromatic rings. The van der Waals surface area contributed by atoms with Crippen LogP contribution in [-0.2, 0) is 20.7 Å². The lowest BCUT2D eigenvalue weighted by Gasteiger charge is -2.43. The predicted molar refractivity (Wildman–Crippen MR) is 79.3 cm³/mol. The van der Waals surface area contributed by atoms with Crippen molar-refractivity contribution in [2.45, 2.75) is 25.3 Å². The lowest BCUT2D eigenvalue weighted by Crippen LogP contribution is -2.58. The number of hydrogen-bond donors (Lipinski definition) is 1. The van der Waals surface area contributed by atoms with Crippen molar-refractivity contribution in [2.24, 2.45) is 5.41 Å². The Balaban J connectivity index is 2.18. The number of fused-ring (bicyclic) bond motifs is 3. The number of benzene rings is 1. The number of carboxylic acids is 1. The fourth-order valence-corrected chi connectivity index (χ4v) is 3.79. The SMILES string of the molecule is COC(=O)[C@]1(C(=O)O)Cc2cc([N+](=O)[O-])ccc2N2CCC[C@@H]21. The standard InChI is InChI=1S/C15H16N2O6/c1-23-14(20)15(13(18)19)8-9-7-10(17(21)22)4-5-11(9)16-6-2-3-12(15)16/h4-5,7,12H,2-3,6,8H2,1H3,(H,18,19)/t12-,15-/m1/s1. The molecule has 2 heterocycles. The van der Waals surface area contributed by atoms with Gasteiger partial charge in [-0.05, 0) is 24.5 Å². The molecule has 2 aliphatic rings. The summed E-state index contributed by atoms with van der Waals surface area (Å²) in [6, 6.07) is 3.89. The molecule has 0 aromatic heterocycles. The smallest absolute Gasteiger partial charge is 0.325 e. The van der Waals surface area contributed by atoms with Gasteiger partial charge in [-0.1, -0.05) is 0 Å². The number of aliphatic carboxylic acids is 1. The summed E-state index contributed by atoms with van der Waals surface area (Å²) < 4.78 is 4.77. The largest absolute Gasteiger partial charge is 0.480 e. The Bertz CT molecular complexity index is 703. The molecule has 122 valence electrons. The molecule has 0 amide bonds. The summed E-state index contributed by atoms with van der Waals surface area (Å²) in [6.07, 6.45) is 1.22. The third-order valence-electron chi connectivity index (χ3n) is 4.81. The van der Waals surface area contributed by atoms with Crippen LogP contribution in [0.15, 0.2) is 18.2 Å². The number of anilines is 1. The van der Waals surface area contributed by atoms with Crippen molar-refractivity contribution >= 4 is 23.3 Å². The number of carbonyl (C=O) groups excluding carboxylic acids is 1. The van der Waals surface area contributed by atoms with Crippen molar-refractivity contribution in [1.29, 1.82) is 0 Å². The van der Waals surface area contributed by atoms with Crippen LogP contribution in [0.1, 0.15) is 18.4 Å². The fraction of sp³-hybridized carbons (Fsp3) is 0.467. The van der Waals surface area contributed by atoms with Gasteiger partial charge in [-0.3, -0.25) is 19.7 Å². The van der Waals surface area contributed by atoms with Crippen LogP contribution < -0.4 is 4.90 Å². The Morgan fingerprint density at radius 1 is 1.48 bits per heavy atom. The van der Waals surface area contributed by atoms with E-state index in [-0.39, 0.29) is 12.1 Å². The zero-order valence-corrected chi connectivity index (χ0v) is 12.5. The van der Waals surface area contributed by atoms with Gasteiger partial charge in [0.2, 0.25) is 0 Å². The molecule has 23 heavy (non-hydrogen) atoms. The first kappa shape index (κ1) is 15.3. The molecule has 8 nitrogen and oxygen atoms in total. The summed E-state index contributed by atoms with van der Waals surface area (Å²) in [6.45, 7) is 0.613. The van der Waals surface area contributed by atoms with Gasteiger partial charge in [0.1, 0.15) is 0 Å². The maximum Gasteiger partial charge on any atom is 0.325 e. The van der Waals surface area contributed by atoms with E-state index < -0.39 is 28.3 Å². The third kappa shape index (κ3) is 2.05. The van der Waals surface area contributed by atoms with E-state index in [1.165, 1.54) is 12.1 Å². The van der Waals surface area contributed by atoms with E-state index in [1.54, 1.807) is 6.07 Å². The lowest BCUT2D eigenvalue weighted by atomic mass is 9.71. The minimum atomic E-state index is -1.73. The highest BCUT2D eigenvalue weighted by Crippen LogP contribution is 2.47. The van der Waals surface area contributed by atoms with E-state index in [9.17, 15) is 24.8 Å². The van der Waals surface area contributed by atoms with Crippen LogP contribution in [0.4, 0.5) is 11.4 Å². The van der Waals surface area contributed by atoms with Crippen molar-refractivity contribution in [3.05, 3.63) is 33.9 Å². The Labute approximate surface area is 131 Å². The van der Waals surface area contributed by atoms with Crippen molar-refractivity contribution in [1.82, 2.24) is 0 Å². The van der Waals surface area contributed by atoms with Gasteiger partial charge in [-0.2, -0.15) is 0 Å². The lowest BCUT2D eigenvalue weighted by molar-refractivity contribution is -0.384. The van der Waals surface area contributed by atoms with E-state index in [0.717, 1.165) is 19.2 Å². The summed E-state index contributed by atoms with van der Waals surface area (Å²) in [5.41, 5.74) is -0.595. The van der Waals surface area contributed by atoms with Gasteiger partial charge in [0.25, 0.3) is 5.69 Å². The Hall–Kier alpha value is -2.64. The molecular weight excluding hydrogens is 304 g/mol. The first-order valence-corrected chi connectivity index (χ1v) is 7.27. The predicted octanol–water partition coefficient (Wildman–Crippen LogP) is 1.36. The van der Waals surface area contributed by atoms with Crippen LogP contribution in [0, 0.1) is 15.5 Å². The van der Waals surface area contributed by atoms with Crippen molar-refractivity contribution in [3.63, 3.8) is 0 Å². The zero-order chi connectivity index (χ0) is 16.8. The number of rotatable bonds is 3. The number of hydrogen-bond acceptors (Lipinski definition) is 6. The van der Waals surface area contributed by atoms with Gasteiger partial charge in [0.15, 0.2) is 5.41 Å². The highest BCUT2D eigenvalue weighted by Gasteiger charge is 2.59. The van der Waals surface area contributed by atoms with Crippen LogP contribution in [-0.4, -0.2) is 41.7 Å². The van der Waals surface area contributed by atoms with Crippen LogP contribution >= 0.6 is 0 Å². The summed E-state index contributed by atoms with van der Waals surface area (Å²) in [5, 5.41) is 20.8. The van der Waals surface area contributed by atoms with Gasteiger partial charge < -0.3 is 14.7 Å². The number of ether oxygens (including phenoxy) is 1. The monoisotopic (exact) mass is 320 g/mol. The normalized spacial score (nSPS) is 25.4. The molecule has 1 N–H and O–H groups in total. The molecule has 1 saturated heterocycles. The van der Waals surface area contributed by atoms with Gasteiger partial charge >= 0.3 is 11.9 Å². The van der Waals surface area contributed by atoms with Gasteiger partial charge in [-0.15, -0.1) is 0 Å². The first-order chi connectivity index (χ1) is 10.9. The minimum Gasteiger partial charge on any atom is -0.480 e. The molecule has 0 bridgehead atoms. The van der Waals surface area contributed by atoms with Crippen LogP contribution in [0.2, 0.25) is 0 Å². The molecule has 2 atom stereocenters. The summed E-state index contributed by atoms with van der Waals surface area (Å²) >= 11 is 0. The minimum absolute atomic E-state index is 0.104. The zero-order valence-electron chi connectivity index (χ0n) is 12.5. The molecule has 1 aromatic carbocycles. The molecule has 0 unspecified atom stereocenters. The number of nitro groups is 1. The number of nitrogens with zero attached hydrogens (tertiary/aromatic N) is 2. The number of nitro benzene ring substituents is 1. The van der Waals surface area contributed by atoms with Gasteiger partial charge in [-0.25, -0.2) is 0 Å². The molecule has 0 saturated carbocycles. The molecule has 0 spiro atoms. The summed E-state index contributed by atoms with van der Waals surface area (Å²) in [7, 11) is 1.16. The number of non-ortho nitro benzene ring substituents is 1. The molecule has 0 aliphatic carbocycles. The number of carboxylic acid groups (broad SMARTS) is 1. The van der Waals surface area contributed by atoms with E-state index in [0.29, 0.717) is 18.5 Å². The van der Waals surface area contributed by atoms with Crippen molar-refractivity contribution in [3.8, 4) is 0 Å². The average Bonchev–Trinajstić information content (AvgIpc) is 3.02. The van der Waals surface area contributed by atoms with Gasteiger partial charge in [0, 0.05) is 30.8 Å². The molecule has 0 radical (unpaired) electrons. The van der Waals surface area contributed by atoms with E-state index in [4.69, 9.17) is 4.74 Å². The van der Waals surface area contributed by atoms with Crippen molar-refractivity contribution in [2.75, 3.05) is 18.6 Å². The Morgan fingerprint density at radius 2 is 2.22 bits per heavy atom. The highest BCUT2D eigenvalue weighted by molar-refractivity contribution is 6.02. The summed E-state index contributed by atoms with van der Waals surface area (Å²) in [4.78, 5) is 36.6. The van der Waals surface area contributed by atoms with Crippen LogP contribution in [0.25, 0.3) is 0 Å². The Kier molecular flexibility index (Phi) is 3.46. The molecular formula is C15H16N2O6. The Morgan fingerprint density at radius 3 is 2.83 bits per heavy atom. The molecule has 2 aliphatic heterocycles. The quantitative estimate of drug-likeness (QED) is 0.387. The topological polar surface area (TPSA) is 110 Å². The molecule has 1 fully saturated rings. The number of methoxy groups -OCH3 is 1. The second-order valence-corrected chi connectivity index (χ2v) is 5.87. The van der Waals surface area contributed by atoms with Crippen LogP contribution in [0.3, 0.4) is 0 Å². The number of esters is 1. The highest BCUT2D eigenvalue weighted by atomic mass is 16.6. The van der Waals surface area contributed by atoms with Crippen molar-refractivity contribution < 1.29 is 24.4 Å². The average molecular weight is 320 g/mol. The second kappa shape index (κ2) is 5.22. The maximum absolute atomic E-state index is 12.3. The number of carbonyl (C=O) groups is 2. The fourth-order valence-electron chi connectivity index (χ4n) is 3.79. The van der Waals surface area contributed by atoms with E-state index in [1.807, 2.05) is 4.90 Å². The van der Waals surface area contributed by atoms with E-state index in [2.05, 4.69) is 0 Å². The third-order valence-corrected chi connectivity index (χ3v) is 4.81. The molecule has 8 heteroatoms. The maximum atomic E-state index is 12.3. The first-order valence-electron chi connectivity index (χ1n) is 7.27. The summed E-state index contributed by atoms with van der Waals surface area (Å²) in [5.74, 6) is -2.06. The van der Waals surface area contributed by atoms with Gasteiger partial charge in [0.05, 0.1) is 18.1 Å². The molecule has 3 rings (SSSR count). The van der Waals surface area contributed by atoms with E-state index >= 15 is 0 Å². The van der Waals surface area contributed by atoms with Crippen LogP contribution in [0.5, 0.6) is 0 Å².